The Balaban J connectivity index is 1.71. The first kappa shape index (κ1) is 15.9. The van der Waals surface area contributed by atoms with Gasteiger partial charge in [0, 0.05) is 18.2 Å². The normalized spacial score (nSPS) is 29.4. The Labute approximate surface area is 137 Å². The molecule has 1 saturated carbocycles. The molecule has 1 aliphatic heterocycles. The average molecular weight is 313 g/mol. The van der Waals surface area contributed by atoms with E-state index in [0.717, 1.165) is 24.0 Å². The van der Waals surface area contributed by atoms with E-state index in [4.69, 9.17) is 4.74 Å². The van der Waals surface area contributed by atoms with Crippen molar-refractivity contribution in [1.29, 1.82) is 0 Å². The average Bonchev–Trinajstić information content (AvgIpc) is 2.95. The van der Waals surface area contributed by atoms with E-state index >= 15 is 0 Å². The van der Waals surface area contributed by atoms with Gasteiger partial charge in [-0.3, -0.25) is 0 Å². The summed E-state index contributed by atoms with van der Waals surface area (Å²) >= 11 is 0. The SMILES string of the molecule is COC(=O)N1CC[C@H]2C[C@](O)(C#Cc3cccc(C)c3)CC[C@H]21. The lowest BCUT2D eigenvalue weighted by Crippen LogP contribution is -2.45. The molecule has 0 bridgehead atoms. The fraction of sp³-hybridized carbons (Fsp3) is 0.526. The Morgan fingerprint density at radius 3 is 3.00 bits per heavy atom. The molecule has 1 N–H and O–H groups in total. The molecule has 0 spiro atoms. The monoisotopic (exact) mass is 313 g/mol. The first-order chi connectivity index (χ1) is 11.0. The number of amides is 1. The van der Waals surface area contributed by atoms with Crippen LogP contribution in [-0.2, 0) is 4.74 Å². The molecule has 23 heavy (non-hydrogen) atoms. The number of ether oxygens (including phenoxy) is 1. The van der Waals surface area contributed by atoms with E-state index in [0.29, 0.717) is 25.3 Å². The van der Waals surface area contributed by atoms with Crippen LogP contribution in [0.4, 0.5) is 4.79 Å². The molecule has 4 heteroatoms. The molecule has 4 nitrogen and oxygen atoms in total. The van der Waals surface area contributed by atoms with Crippen LogP contribution >= 0.6 is 0 Å². The highest BCUT2D eigenvalue weighted by atomic mass is 16.5. The zero-order chi connectivity index (χ0) is 16.4. The minimum atomic E-state index is -0.947. The number of aliphatic hydroxyl groups is 1. The summed E-state index contributed by atoms with van der Waals surface area (Å²) in [6, 6.07) is 8.18. The number of benzene rings is 1. The lowest BCUT2D eigenvalue weighted by molar-refractivity contribution is 0.0160. The van der Waals surface area contributed by atoms with Gasteiger partial charge in [0.05, 0.1) is 7.11 Å². The number of likely N-dealkylation sites (tertiary alicyclic amines) is 1. The van der Waals surface area contributed by atoms with E-state index in [1.807, 2.05) is 31.2 Å². The predicted molar refractivity (Wildman–Crippen MR) is 87.9 cm³/mol. The summed E-state index contributed by atoms with van der Waals surface area (Å²) in [6.45, 7) is 2.74. The number of aryl methyl sites for hydroxylation is 1. The van der Waals surface area contributed by atoms with Crippen LogP contribution in [-0.4, -0.2) is 41.4 Å². The highest BCUT2D eigenvalue weighted by molar-refractivity contribution is 5.68. The van der Waals surface area contributed by atoms with E-state index in [9.17, 15) is 9.90 Å². The Hall–Kier alpha value is -1.99. The number of methoxy groups -OCH3 is 1. The van der Waals surface area contributed by atoms with E-state index in [1.54, 1.807) is 4.90 Å². The highest BCUT2D eigenvalue weighted by Gasteiger charge is 2.45. The number of carbonyl (C=O) groups excluding carboxylic acids is 1. The van der Waals surface area contributed by atoms with Crippen molar-refractivity contribution in [3.8, 4) is 11.8 Å². The van der Waals surface area contributed by atoms with Crippen molar-refractivity contribution in [3.63, 3.8) is 0 Å². The first-order valence-electron chi connectivity index (χ1n) is 8.17. The Kier molecular flexibility index (Phi) is 4.32. The summed E-state index contributed by atoms with van der Waals surface area (Å²) in [5.41, 5.74) is 1.15. The summed E-state index contributed by atoms with van der Waals surface area (Å²) in [7, 11) is 1.42. The summed E-state index contributed by atoms with van der Waals surface area (Å²) in [5.74, 6) is 6.50. The summed E-state index contributed by atoms with van der Waals surface area (Å²) in [4.78, 5) is 13.6. The summed E-state index contributed by atoms with van der Waals surface area (Å²) < 4.78 is 4.85. The molecule has 2 fully saturated rings. The number of nitrogens with zero attached hydrogens (tertiary/aromatic N) is 1. The zero-order valence-corrected chi connectivity index (χ0v) is 13.7. The molecule has 1 amide bonds. The van der Waals surface area contributed by atoms with Crippen molar-refractivity contribution >= 4 is 6.09 Å². The van der Waals surface area contributed by atoms with Gasteiger partial charge in [0.2, 0.25) is 0 Å². The maximum atomic E-state index is 11.8. The Morgan fingerprint density at radius 1 is 1.43 bits per heavy atom. The van der Waals surface area contributed by atoms with Gasteiger partial charge in [-0.2, -0.15) is 0 Å². The molecule has 1 aliphatic carbocycles. The molecule has 1 aromatic carbocycles. The molecule has 1 heterocycles. The van der Waals surface area contributed by atoms with Crippen LogP contribution in [0.15, 0.2) is 24.3 Å². The van der Waals surface area contributed by atoms with E-state index in [1.165, 1.54) is 7.11 Å². The van der Waals surface area contributed by atoms with Crippen molar-refractivity contribution in [2.24, 2.45) is 5.92 Å². The topological polar surface area (TPSA) is 49.8 Å². The summed E-state index contributed by atoms with van der Waals surface area (Å²) in [6.07, 6.45) is 2.66. The van der Waals surface area contributed by atoms with Gasteiger partial charge in [-0.05, 0) is 56.2 Å². The third-order valence-corrected chi connectivity index (χ3v) is 5.01. The van der Waals surface area contributed by atoms with Crippen LogP contribution in [0.1, 0.15) is 36.8 Å². The van der Waals surface area contributed by atoms with Gasteiger partial charge >= 0.3 is 6.09 Å². The van der Waals surface area contributed by atoms with Gasteiger partial charge in [-0.15, -0.1) is 0 Å². The molecular weight excluding hydrogens is 290 g/mol. The van der Waals surface area contributed by atoms with E-state index in [2.05, 4.69) is 11.8 Å². The van der Waals surface area contributed by atoms with Crippen molar-refractivity contribution in [2.75, 3.05) is 13.7 Å². The minimum Gasteiger partial charge on any atom is -0.453 e. The molecule has 2 aliphatic rings. The number of hydrogen-bond donors (Lipinski definition) is 1. The van der Waals surface area contributed by atoms with Crippen LogP contribution in [0, 0.1) is 24.7 Å². The molecule has 3 rings (SSSR count). The van der Waals surface area contributed by atoms with Crippen molar-refractivity contribution in [3.05, 3.63) is 35.4 Å². The van der Waals surface area contributed by atoms with E-state index in [-0.39, 0.29) is 12.1 Å². The molecule has 122 valence electrons. The number of fused-ring (bicyclic) bond motifs is 1. The van der Waals surface area contributed by atoms with Gasteiger partial charge in [0.1, 0.15) is 5.60 Å². The van der Waals surface area contributed by atoms with Crippen LogP contribution in [0.2, 0.25) is 0 Å². The van der Waals surface area contributed by atoms with Gasteiger partial charge in [-0.1, -0.05) is 24.0 Å². The molecule has 3 atom stereocenters. The van der Waals surface area contributed by atoms with E-state index < -0.39 is 5.60 Å². The molecule has 1 saturated heterocycles. The second-order valence-electron chi connectivity index (χ2n) is 6.67. The predicted octanol–water partition coefficient (Wildman–Crippen LogP) is 2.72. The molecule has 0 aromatic heterocycles. The number of carbonyl (C=O) groups is 1. The second kappa shape index (κ2) is 6.25. The third kappa shape index (κ3) is 3.35. The van der Waals surface area contributed by atoms with Crippen LogP contribution in [0.3, 0.4) is 0 Å². The number of hydrogen-bond acceptors (Lipinski definition) is 3. The van der Waals surface area contributed by atoms with Gasteiger partial charge < -0.3 is 14.7 Å². The standard InChI is InChI=1S/C19H23NO3/c1-14-4-3-5-15(12-14)6-9-19(22)10-7-17-16(13-19)8-11-20(17)18(21)23-2/h3-5,12,16-17,22H,7-8,10-11,13H2,1-2H3/t16-,17+,19-/m0/s1. The fourth-order valence-electron chi connectivity index (χ4n) is 3.84. The summed E-state index contributed by atoms with van der Waals surface area (Å²) in [5, 5.41) is 10.8. The smallest absolute Gasteiger partial charge is 0.409 e. The second-order valence-corrected chi connectivity index (χ2v) is 6.67. The largest absolute Gasteiger partial charge is 0.453 e. The van der Waals surface area contributed by atoms with Gasteiger partial charge in [-0.25, -0.2) is 4.79 Å². The van der Waals surface area contributed by atoms with Gasteiger partial charge in [0.25, 0.3) is 0 Å². The Bertz CT molecular complexity index is 660. The Morgan fingerprint density at radius 2 is 2.26 bits per heavy atom. The van der Waals surface area contributed by atoms with Crippen LogP contribution in [0.25, 0.3) is 0 Å². The molecule has 0 radical (unpaired) electrons. The highest BCUT2D eigenvalue weighted by Crippen LogP contribution is 2.41. The fourth-order valence-corrected chi connectivity index (χ4v) is 3.84. The quantitative estimate of drug-likeness (QED) is 0.749. The van der Waals surface area contributed by atoms with Crippen LogP contribution < -0.4 is 0 Å². The number of rotatable bonds is 0. The van der Waals surface area contributed by atoms with Gasteiger partial charge in [0.15, 0.2) is 0 Å². The van der Waals surface area contributed by atoms with Crippen molar-refractivity contribution in [1.82, 2.24) is 4.90 Å². The van der Waals surface area contributed by atoms with Crippen molar-refractivity contribution in [2.45, 2.75) is 44.2 Å². The molecule has 1 aromatic rings. The van der Waals surface area contributed by atoms with Crippen molar-refractivity contribution < 1.29 is 14.6 Å². The molecule has 0 unspecified atom stereocenters. The molecular formula is C19H23NO3. The minimum absolute atomic E-state index is 0.184. The third-order valence-electron chi connectivity index (χ3n) is 5.01. The zero-order valence-electron chi connectivity index (χ0n) is 13.7. The lowest BCUT2D eigenvalue weighted by Gasteiger charge is -2.37. The van der Waals surface area contributed by atoms with Crippen LogP contribution in [0.5, 0.6) is 0 Å². The maximum absolute atomic E-state index is 11.8. The lowest BCUT2D eigenvalue weighted by atomic mass is 9.75. The maximum Gasteiger partial charge on any atom is 0.409 e. The first-order valence-corrected chi connectivity index (χ1v) is 8.17.